The van der Waals surface area contributed by atoms with Gasteiger partial charge in [-0.1, -0.05) is 13.8 Å². The van der Waals surface area contributed by atoms with E-state index in [1.165, 1.54) is 21.7 Å². The van der Waals surface area contributed by atoms with E-state index in [4.69, 9.17) is 5.11 Å². The summed E-state index contributed by atoms with van der Waals surface area (Å²) in [4.78, 5) is 67.3. The van der Waals surface area contributed by atoms with Crippen molar-refractivity contribution in [3.8, 4) is 5.69 Å². The summed E-state index contributed by atoms with van der Waals surface area (Å²) >= 11 is 0. The highest BCUT2D eigenvalue weighted by Gasteiger charge is 2.39. The van der Waals surface area contributed by atoms with Gasteiger partial charge in [0.05, 0.1) is 5.69 Å². The van der Waals surface area contributed by atoms with Crippen molar-refractivity contribution >= 4 is 30.1 Å². The van der Waals surface area contributed by atoms with Crippen LogP contribution in [0.4, 0.5) is 15.4 Å². The zero-order valence-electron chi connectivity index (χ0n) is 21.4. The molecule has 0 spiro atoms. The molecule has 1 aliphatic heterocycles. The lowest BCUT2D eigenvalue weighted by Crippen LogP contribution is -2.56. The van der Waals surface area contributed by atoms with Gasteiger partial charge >= 0.3 is 17.8 Å². The number of nitrogens with one attached hydrogen (secondary N) is 2. The lowest BCUT2D eigenvalue weighted by atomic mass is 9.79. The second-order valence-electron chi connectivity index (χ2n) is 10.3. The number of carboxylic acid groups (broad SMARTS) is 1. The fourth-order valence-corrected chi connectivity index (χ4v) is 4.63. The molecule has 0 aliphatic carbocycles. The Morgan fingerprint density at radius 3 is 2.14 bits per heavy atom. The molecule has 1 saturated heterocycles. The van der Waals surface area contributed by atoms with Gasteiger partial charge in [-0.2, -0.15) is 4.98 Å². The van der Waals surface area contributed by atoms with Crippen molar-refractivity contribution in [2.24, 2.45) is 5.41 Å². The number of nitrogens with zero attached hydrogens (tertiary/aromatic N) is 4. The smallest absolute Gasteiger partial charge is 0.405 e. The van der Waals surface area contributed by atoms with Crippen molar-refractivity contribution in [3.05, 3.63) is 52.6 Å². The topological polar surface area (TPSA) is 154 Å². The molecule has 3 rings (SSSR count). The Kier molecular flexibility index (Phi) is 7.99. The van der Waals surface area contributed by atoms with Crippen LogP contribution in [0.2, 0.25) is 0 Å². The summed E-state index contributed by atoms with van der Waals surface area (Å²) < 4.78 is 1.30. The third-order valence-corrected chi connectivity index (χ3v) is 6.11. The number of aldehydes is 1. The Morgan fingerprint density at radius 1 is 1.00 bits per heavy atom. The van der Waals surface area contributed by atoms with Crippen LogP contribution in [-0.4, -0.2) is 80.5 Å². The van der Waals surface area contributed by atoms with E-state index in [1.54, 1.807) is 56.9 Å². The number of benzene rings is 1. The molecule has 2 aromatic rings. The molecule has 0 radical (unpaired) electrons. The molecule has 12 nitrogen and oxygen atoms in total. The molecule has 2 heterocycles. The van der Waals surface area contributed by atoms with Gasteiger partial charge in [-0.15, -0.1) is 0 Å². The maximum Gasteiger partial charge on any atom is 0.405 e. The maximum atomic E-state index is 13.1. The first kappa shape index (κ1) is 27.4. The summed E-state index contributed by atoms with van der Waals surface area (Å²) in [7, 11) is 0. The Labute approximate surface area is 214 Å². The minimum Gasteiger partial charge on any atom is -0.465 e. The van der Waals surface area contributed by atoms with Crippen molar-refractivity contribution < 1.29 is 24.3 Å². The summed E-state index contributed by atoms with van der Waals surface area (Å²) in [5.41, 5.74) is -1.16. The van der Waals surface area contributed by atoms with Crippen molar-refractivity contribution in [1.82, 2.24) is 24.7 Å². The van der Waals surface area contributed by atoms with Gasteiger partial charge in [0.2, 0.25) is 5.91 Å². The van der Waals surface area contributed by atoms with Crippen LogP contribution in [0.1, 0.15) is 44.5 Å². The van der Waals surface area contributed by atoms with E-state index in [0.717, 1.165) is 0 Å². The Hall–Kier alpha value is -4.22. The average molecular weight is 513 g/mol. The quantitative estimate of drug-likeness (QED) is 0.481. The van der Waals surface area contributed by atoms with E-state index in [2.05, 4.69) is 15.6 Å². The highest BCUT2D eigenvalue weighted by atomic mass is 16.4. The number of hydrogen-bond donors (Lipinski definition) is 3. The molecule has 0 saturated carbocycles. The van der Waals surface area contributed by atoms with Gasteiger partial charge in [-0.05, 0) is 50.6 Å². The maximum absolute atomic E-state index is 13.1. The third kappa shape index (κ3) is 6.93. The summed E-state index contributed by atoms with van der Waals surface area (Å²) in [6.45, 7) is 8.27. The van der Waals surface area contributed by atoms with Crippen LogP contribution in [0.15, 0.2) is 41.3 Å². The molecule has 0 bridgehead atoms. The first-order chi connectivity index (χ1) is 17.3. The highest BCUT2D eigenvalue weighted by molar-refractivity contribution is 5.88. The largest absolute Gasteiger partial charge is 0.465 e. The van der Waals surface area contributed by atoms with E-state index in [9.17, 15) is 24.0 Å². The SMILES string of the molecule is CC(C)(CC(C)(C)C(=O)N1CCN(C(=O)Nc2ccn(-c3ccc(C=O)cc3)c(=O)n2)CC1)NC(=O)O. The van der Waals surface area contributed by atoms with Crippen LogP contribution in [0, 0.1) is 5.41 Å². The molecule has 1 aromatic heterocycles. The first-order valence-electron chi connectivity index (χ1n) is 11.8. The van der Waals surface area contributed by atoms with Gasteiger partial charge in [0.25, 0.3) is 0 Å². The van der Waals surface area contributed by atoms with Crippen molar-refractivity contribution in [3.63, 3.8) is 0 Å². The number of rotatable bonds is 7. The summed E-state index contributed by atoms with van der Waals surface area (Å²) in [6.07, 6.45) is 1.36. The van der Waals surface area contributed by atoms with Gasteiger partial charge in [0.15, 0.2) is 0 Å². The van der Waals surface area contributed by atoms with Crippen molar-refractivity contribution in [1.29, 1.82) is 0 Å². The second kappa shape index (κ2) is 10.8. The van der Waals surface area contributed by atoms with E-state index >= 15 is 0 Å². The number of piperazine rings is 1. The molecule has 1 aromatic carbocycles. The molecule has 0 unspecified atom stereocenters. The third-order valence-electron chi connectivity index (χ3n) is 6.11. The number of urea groups is 1. The van der Waals surface area contributed by atoms with Crippen molar-refractivity contribution in [2.45, 2.75) is 39.7 Å². The number of amides is 4. The molecule has 37 heavy (non-hydrogen) atoms. The summed E-state index contributed by atoms with van der Waals surface area (Å²) in [5, 5.41) is 14.1. The lowest BCUT2D eigenvalue weighted by molar-refractivity contribution is -0.143. The van der Waals surface area contributed by atoms with E-state index < -0.39 is 28.8 Å². The lowest BCUT2D eigenvalue weighted by Gasteiger charge is -2.40. The zero-order valence-corrected chi connectivity index (χ0v) is 21.4. The molecular formula is C25H32N6O6. The van der Waals surface area contributed by atoms with Gasteiger partial charge in [0, 0.05) is 48.9 Å². The van der Waals surface area contributed by atoms with E-state index in [-0.39, 0.29) is 11.7 Å². The van der Waals surface area contributed by atoms with Gasteiger partial charge in [0.1, 0.15) is 12.1 Å². The summed E-state index contributed by atoms with van der Waals surface area (Å²) in [5.74, 6) is -0.0113. The van der Waals surface area contributed by atoms with Crippen LogP contribution >= 0.6 is 0 Å². The minimum atomic E-state index is -1.15. The number of carbonyl (C=O) groups is 4. The summed E-state index contributed by atoms with van der Waals surface area (Å²) in [6, 6.07) is 7.49. The van der Waals surface area contributed by atoms with Crippen LogP contribution in [0.25, 0.3) is 5.69 Å². The van der Waals surface area contributed by atoms with Gasteiger partial charge in [-0.25, -0.2) is 14.4 Å². The molecule has 1 aliphatic rings. The molecule has 0 atom stereocenters. The van der Waals surface area contributed by atoms with Crippen LogP contribution < -0.4 is 16.3 Å². The monoisotopic (exact) mass is 512 g/mol. The first-order valence-corrected chi connectivity index (χ1v) is 11.8. The van der Waals surface area contributed by atoms with Crippen LogP contribution in [0.3, 0.4) is 0 Å². The zero-order chi connectivity index (χ0) is 27.4. The van der Waals surface area contributed by atoms with Crippen LogP contribution in [0.5, 0.6) is 0 Å². The Bertz CT molecular complexity index is 1230. The molecule has 1 fully saturated rings. The van der Waals surface area contributed by atoms with Gasteiger partial charge in [-0.3, -0.25) is 19.5 Å². The number of hydrogen-bond acceptors (Lipinski definition) is 6. The average Bonchev–Trinajstić information content (AvgIpc) is 2.82. The van der Waals surface area contributed by atoms with E-state index in [0.29, 0.717) is 50.1 Å². The predicted molar refractivity (Wildman–Crippen MR) is 136 cm³/mol. The van der Waals surface area contributed by atoms with Crippen molar-refractivity contribution in [2.75, 3.05) is 31.5 Å². The van der Waals surface area contributed by atoms with Crippen LogP contribution in [-0.2, 0) is 4.79 Å². The fraction of sp³-hybridized carbons (Fsp3) is 0.440. The molecule has 198 valence electrons. The fourth-order valence-electron chi connectivity index (χ4n) is 4.63. The normalized spacial score (nSPS) is 14.2. The van der Waals surface area contributed by atoms with E-state index in [1.807, 2.05) is 0 Å². The Morgan fingerprint density at radius 2 is 1.59 bits per heavy atom. The predicted octanol–water partition coefficient (Wildman–Crippen LogP) is 2.18. The Balaban J connectivity index is 1.57. The molecular weight excluding hydrogens is 480 g/mol. The molecule has 3 N–H and O–H groups in total. The highest BCUT2D eigenvalue weighted by Crippen LogP contribution is 2.30. The van der Waals surface area contributed by atoms with Gasteiger partial charge < -0.3 is 20.2 Å². The minimum absolute atomic E-state index is 0.101. The number of carbonyl (C=O) groups excluding carboxylic acids is 3. The second-order valence-corrected chi connectivity index (χ2v) is 10.3. The standard InChI is InChI=1S/C25H32N6O6/c1-24(2,16-25(3,4)28-23(36)37)20(33)29-11-13-30(14-12-29)21(34)26-19-9-10-31(22(35)27-19)18-7-5-17(15-32)6-8-18/h5-10,15,28H,11-14,16H2,1-4H3,(H,36,37)(H,26,27,34,35). The number of anilines is 1. The molecule has 4 amide bonds. The number of aromatic nitrogens is 2. The molecule has 12 heteroatoms.